The Morgan fingerprint density at radius 1 is 0.452 bits per heavy atom. The summed E-state index contributed by atoms with van der Waals surface area (Å²) in [5, 5.41) is 30.5. The number of benzene rings is 5. The molecule has 0 saturated heterocycles. The molecule has 17 rings (SSSR count). The van der Waals surface area contributed by atoms with Gasteiger partial charge in [0.15, 0.2) is 11.6 Å². The number of rotatable bonds is 6. The fourth-order valence-electron chi connectivity index (χ4n) is 14.6. The van der Waals surface area contributed by atoms with Gasteiger partial charge in [-0.05, 0) is 175 Å². The molecule has 4 aliphatic rings. The molecule has 0 amide bonds. The number of carbonyl (C=O) groups is 3. The summed E-state index contributed by atoms with van der Waals surface area (Å²) in [6, 6.07) is 30.4. The zero-order valence-corrected chi connectivity index (χ0v) is 64.0. The van der Waals surface area contributed by atoms with Crippen LogP contribution in [0, 0.1) is 46.0 Å². The molecule has 0 radical (unpaired) electrons. The van der Waals surface area contributed by atoms with Crippen molar-refractivity contribution in [2.75, 3.05) is 7.11 Å². The molecule has 0 bridgehead atoms. The molecular formula is C83H88N16O4Pt. The number of ether oxygens (including phenoxy) is 1. The summed E-state index contributed by atoms with van der Waals surface area (Å²) >= 11 is 0. The second-order valence-electron chi connectivity index (χ2n) is 30.7. The molecule has 1 N–H and O–H groups in total. The van der Waals surface area contributed by atoms with Crippen LogP contribution in [-0.4, -0.2) is 94.9 Å². The van der Waals surface area contributed by atoms with E-state index in [0.29, 0.717) is 18.1 Å². The number of fused-ring (bicyclic) bond motifs is 8. The van der Waals surface area contributed by atoms with E-state index < -0.39 is 17.3 Å². The molecule has 8 heterocycles. The van der Waals surface area contributed by atoms with Gasteiger partial charge in [0.2, 0.25) is 11.6 Å². The minimum Gasteiger partial charge on any atom is -0.572 e. The van der Waals surface area contributed by atoms with Crippen molar-refractivity contribution in [1.82, 2.24) is 80.4 Å². The van der Waals surface area contributed by atoms with Crippen molar-refractivity contribution in [1.29, 1.82) is 0 Å². The largest absolute Gasteiger partial charge is 2.00 e. The molecule has 20 nitrogen and oxygen atoms in total. The minimum atomic E-state index is -0.592. The molecule has 4 aliphatic carbocycles. The molecule has 1 saturated carbocycles. The van der Waals surface area contributed by atoms with Gasteiger partial charge in [-0.15, -0.1) is 0 Å². The van der Waals surface area contributed by atoms with Crippen LogP contribution in [0.15, 0.2) is 122 Å². The van der Waals surface area contributed by atoms with Gasteiger partial charge in [-0.1, -0.05) is 134 Å². The first-order valence-corrected chi connectivity index (χ1v) is 35.7. The van der Waals surface area contributed by atoms with Gasteiger partial charge in [0.05, 0.1) is 40.6 Å². The van der Waals surface area contributed by atoms with E-state index in [1.165, 1.54) is 71.9 Å². The van der Waals surface area contributed by atoms with Gasteiger partial charge in [0.25, 0.3) is 0 Å². The Balaban J connectivity index is 0.000000123. The number of aryl methyl sites for hydroxylation is 5. The number of nitrogens with zero attached hydrogens (tertiary/aromatic N) is 15. The van der Waals surface area contributed by atoms with Gasteiger partial charge >= 0.3 is 27.0 Å². The van der Waals surface area contributed by atoms with E-state index in [4.69, 9.17) is 15.0 Å². The number of ketones is 2. The molecule has 21 heteroatoms. The molecule has 8 aromatic heterocycles. The summed E-state index contributed by atoms with van der Waals surface area (Å²) in [4.78, 5) is 80.7. The predicted octanol–water partition coefficient (Wildman–Crippen LogP) is 16.3. The summed E-state index contributed by atoms with van der Waals surface area (Å²) in [6.07, 6.45) is 21.4. The van der Waals surface area contributed by atoms with E-state index in [0.717, 1.165) is 145 Å². The van der Waals surface area contributed by atoms with E-state index in [1.807, 2.05) is 82.7 Å². The first kappa shape index (κ1) is 73.7. The second kappa shape index (κ2) is 30.0. The zero-order chi connectivity index (χ0) is 72.7. The van der Waals surface area contributed by atoms with Crippen LogP contribution in [0.25, 0.3) is 89.1 Å². The molecule has 104 heavy (non-hydrogen) atoms. The second-order valence-corrected chi connectivity index (χ2v) is 30.7. The average Bonchev–Trinajstić information content (AvgIpc) is 1.57. The molecule has 534 valence electrons. The van der Waals surface area contributed by atoms with Gasteiger partial charge in [-0.3, -0.25) is 14.7 Å². The van der Waals surface area contributed by atoms with Crippen molar-refractivity contribution < 1.29 is 40.2 Å². The number of esters is 1. The summed E-state index contributed by atoms with van der Waals surface area (Å²) < 4.78 is 4.55. The Morgan fingerprint density at radius 3 is 1.26 bits per heavy atom. The number of Topliss-reactive ketones (excluding diaryl/α,β-unsaturated/α-hetero) is 2. The molecule has 1 unspecified atom stereocenters. The summed E-state index contributed by atoms with van der Waals surface area (Å²) in [5.41, 5.74) is 20.1. The maximum absolute atomic E-state index is 12.7. The predicted molar refractivity (Wildman–Crippen MR) is 402 cm³/mol. The van der Waals surface area contributed by atoms with E-state index in [9.17, 15) is 14.4 Å². The van der Waals surface area contributed by atoms with Crippen molar-refractivity contribution in [2.45, 2.75) is 183 Å². The number of carbonyl (C=O) groups excluding carboxylic acids is 3. The number of hydrogen-bond donors (Lipinski definition) is 1. The molecule has 0 spiro atoms. The van der Waals surface area contributed by atoms with Crippen LogP contribution in [0.4, 0.5) is 0 Å². The fourth-order valence-corrected chi connectivity index (χ4v) is 14.6. The number of aromatic amines is 1. The summed E-state index contributed by atoms with van der Waals surface area (Å²) in [7, 11) is 1.31. The third kappa shape index (κ3) is 15.6. The quantitative estimate of drug-likeness (QED) is 0.0920. The Morgan fingerprint density at radius 2 is 0.817 bits per heavy atom. The summed E-state index contributed by atoms with van der Waals surface area (Å²) in [6.45, 7) is 27.6. The van der Waals surface area contributed by atoms with Crippen LogP contribution in [0.2, 0.25) is 0 Å². The standard InChI is InChI=1S/C18H20N4.2C18H19N4.C18H20N2O2.C11H10N2O2.Pt/c3*1-11-6-7-12-10-19-17(20-14(12)9-11)15-13-5-4-8-18(2,3)16(13)22-21-15;1-11-6-7-12-10-19-17(20-14(12)9-11)15(21)13-5-4-8-18(2,3)16(13)22;1-7-3-4-8-6-12-10(11(14)15-2)13-9(8)5-7;/h6-7,9-10H,4-5,8H2,1-3H3,(H,21,22);2*6-7,9-10H,4-5,8H2,1-3H3;6-7,9-10,13H,4-5,8H2,1-3H3;3-6H,1-2H3;/q;2*-1;;;+2. The Hall–Kier alpha value is -10.1. The molecule has 5 aromatic carbocycles. The van der Waals surface area contributed by atoms with Crippen molar-refractivity contribution in [3.05, 3.63) is 195 Å². The molecule has 1 fully saturated rings. The third-order valence-electron chi connectivity index (χ3n) is 20.7. The van der Waals surface area contributed by atoms with E-state index >= 15 is 0 Å². The molecular weight excluding hydrogens is 1480 g/mol. The van der Waals surface area contributed by atoms with Crippen LogP contribution < -0.4 is 10.2 Å². The minimum absolute atomic E-state index is 0. The number of hydrogen-bond acceptors (Lipinski definition) is 17. The van der Waals surface area contributed by atoms with Crippen molar-refractivity contribution in [3.8, 4) is 34.6 Å². The SMILES string of the molecule is COC(=O)c1ncc2ccc(C)cc2n1.Cc1ccc2cnc(-c3[n-]nc4c3CCCC4(C)C)nc2c1.Cc1ccc2cnc(-c3[n-]nc4c3CCCC4(C)C)nc2c1.Cc1ccc2cnc(-c3n[nH]c4c3CCCC4(C)C)nc2c1.Cc1ccc2cnc(C(=O)C3CCCC(C)(C)C3=O)nc2c1.[Pt+2]. The monoisotopic (exact) mass is 1570 g/mol. The molecule has 0 aliphatic heterocycles. The van der Waals surface area contributed by atoms with Gasteiger partial charge in [-0.2, -0.15) is 5.10 Å². The summed E-state index contributed by atoms with van der Waals surface area (Å²) in [5.74, 6) is 1.06. The Labute approximate surface area is 620 Å². The Kier molecular flexibility index (Phi) is 21.2. The Bertz CT molecular complexity index is 5070. The van der Waals surface area contributed by atoms with Gasteiger partial charge in [0, 0.05) is 102 Å². The normalized spacial score (nSPS) is 16.5. The number of nitrogens with one attached hydrogen (secondary N) is 1. The first-order chi connectivity index (χ1) is 49.2. The number of H-pyrrole nitrogens is 1. The fraction of sp³-hybridized carbons (Fsp3) is 0.373. The number of aromatic nitrogens is 16. The molecule has 1 atom stereocenters. The third-order valence-corrected chi connectivity index (χ3v) is 20.7. The maximum atomic E-state index is 12.7. The zero-order valence-electron chi connectivity index (χ0n) is 61.8. The van der Waals surface area contributed by atoms with Crippen LogP contribution in [0.3, 0.4) is 0 Å². The van der Waals surface area contributed by atoms with Gasteiger partial charge in [0.1, 0.15) is 23.1 Å². The van der Waals surface area contributed by atoms with Crippen molar-refractivity contribution in [3.63, 3.8) is 0 Å². The first-order valence-electron chi connectivity index (χ1n) is 35.7. The van der Waals surface area contributed by atoms with Crippen LogP contribution in [0.5, 0.6) is 0 Å². The van der Waals surface area contributed by atoms with Gasteiger partial charge in [-0.25, -0.2) is 54.6 Å². The van der Waals surface area contributed by atoms with Crippen molar-refractivity contribution in [2.24, 2.45) is 11.3 Å². The van der Waals surface area contributed by atoms with Gasteiger partial charge < -0.3 is 25.1 Å². The van der Waals surface area contributed by atoms with E-state index in [-0.39, 0.29) is 60.5 Å². The van der Waals surface area contributed by atoms with E-state index in [1.54, 1.807) is 12.4 Å². The maximum Gasteiger partial charge on any atom is 2.00 e. The molecule has 13 aromatic rings. The van der Waals surface area contributed by atoms with Crippen LogP contribution in [-0.2, 0) is 66.1 Å². The van der Waals surface area contributed by atoms with Crippen molar-refractivity contribution >= 4 is 72.1 Å². The van der Waals surface area contributed by atoms with Crippen LogP contribution >= 0.6 is 0 Å². The number of methoxy groups -OCH3 is 1. The van der Waals surface area contributed by atoms with Crippen LogP contribution in [0.1, 0.15) is 196 Å². The van der Waals surface area contributed by atoms with E-state index in [2.05, 4.69) is 187 Å². The topological polar surface area (TPSA) is 272 Å². The smallest absolute Gasteiger partial charge is 0.572 e. The average molecular weight is 1570 g/mol.